The zero-order chi connectivity index (χ0) is 20.5. The maximum Gasteiger partial charge on any atom is 0.256 e. The summed E-state index contributed by atoms with van der Waals surface area (Å²) in [4.78, 5) is 17.4. The molecule has 2 N–H and O–H groups in total. The summed E-state index contributed by atoms with van der Waals surface area (Å²) in [5.74, 6) is 0.194. The standard InChI is InChI=1S/C24H30FN3O/c1-16-6-3-4-8-19(16)23-21-15-28(14-18(21)13-27(23)2)24(29)20-12-17(7-5-11-26)9-10-22(20)25/h3-4,6,8-10,12,18,21,23H,5,7,11,13-15,26H2,1-2H3/t18-,21+,23+/m0/s1. The number of nitrogens with zero attached hydrogens (tertiary/aromatic N) is 2. The molecule has 0 aromatic heterocycles. The highest BCUT2D eigenvalue weighted by molar-refractivity contribution is 5.95. The summed E-state index contributed by atoms with van der Waals surface area (Å²) in [5.41, 5.74) is 9.37. The molecule has 0 spiro atoms. The number of aryl methyl sites for hydroxylation is 2. The molecule has 2 saturated heterocycles. The highest BCUT2D eigenvalue weighted by atomic mass is 19.1. The van der Waals surface area contributed by atoms with Crippen molar-refractivity contribution in [2.24, 2.45) is 17.6 Å². The van der Waals surface area contributed by atoms with Crippen LogP contribution >= 0.6 is 0 Å². The molecule has 4 nitrogen and oxygen atoms in total. The minimum absolute atomic E-state index is 0.183. The lowest BCUT2D eigenvalue weighted by molar-refractivity contribution is 0.0763. The Bertz CT molecular complexity index is 899. The number of nitrogens with two attached hydrogens (primary N) is 1. The second-order valence-electron chi connectivity index (χ2n) is 8.58. The molecule has 2 aliphatic heterocycles. The van der Waals surface area contributed by atoms with Gasteiger partial charge in [-0.05, 0) is 68.1 Å². The van der Waals surface area contributed by atoms with Gasteiger partial charge in [-0.3, -0.25) is 9.69 Å². The summed E-state index contributed by atoms with van der Waals surface area (Å²) in [7, 11) is 2.17. The molecule has 2 heterocycles. The highest BCUT2D eigenvalue weighted by Crippen LogP contribution is 2.45. The number of hydrogen-bond donors (Lipinski definition) is 1. The third-order valence-corrected chi connectivity index (χ3v) is 6.62. The largest absolute Gasteiger partial charge is 0.338 e. The van der Waals surface area contributed by atoms with Crippen LogP contribution in [-0.2, 0) is 6.42 Å². The number of carbonyl (C=O) groups is 1. The fraction of sp³-hybridized carbons (Fsp3) is 0.458. The summed E-state index contributed by atoms with van der Waals surface area (Å²) >= 11 is 0. The summed E-state index contributed by atoms with van der Waals surface area (Å²) < 4.78 is 14.5. The number of carbonyl (C=O) groups excluding carboxylic acids is 1. The van der Waals surface area contributed by atoms with Gasteiger partial charge in [-0.2, -0.15) is 0 Å². The van der Waals surface area contributed by atoms with Gasteiger partial charge in [-0.1, -0.05) is 30.3 Å². The van der Waals surface area contributed by atoms with Crippen LogP contribution in [-0.4, -0.2) is 48.9 Å². The van der Waals surface area contributed by atoms with E-state index in [-0.39, 0.29) is 11.5 Å². The van der Waals surface area contributed by atoms with Crippen molar-refractivity contribution in [3.05, 3.63) is 70.5 Å². The van der Waals surface area contributed by atoms with Crippen molar-refractivity contribution in [1.29, 1.82) is 0 Å². The molecule has 2 aliphatic rings. The molecule has 29 heavy (non-hydrogen) atoms. The van der Waals surface area contributed by atoms with Crippen LogP contribution in [0, 0.1) is 24.6 Å². The van der Waals surface area contributed by atoms with E-state index in [4.69, 9.17) is 5.73 Å². The van der Waals surface area contributed by atoms with E-state index in [2.05, 4.69) is 43.1 Å². The first-order valence-corrected chi connectivity index (χ1v) is 10.5. The SMILES string of the molecule is Cc1ccccc1[C@@H]1[C@@H]2CN(C(=O)c3cc(CCCN)ccc3F)C[C@@H]2CN1C. The maximum atomic E-state index is 14.5. The second-order valence-corrected chi connectivity index (χ2v) is 8.58. The predicted molar refractivity (Wildman–Crippen MR) is 113 cm³/mol. The van der Waals surface area contributed by atoms with E-state index in [0.717, 1.165) is 24.9 Å². The third kappa shape index (κ3) is 3.81. The molecule has 3 atom stereocenters. The topological polar surface area (TPSA) is 49.6 Å². The molecule has 2 aromatic rings. The van der Waals surface area contributed by atoms with Crippen molar-refractivity contribution in [2.75, 3.05) is 33.2 Å². The summed E-state index contributed by atoms with van der Waals surface area (Å²) in [6, 6.07) is 13.7. The van der Waals surface area contributed by atoms with E-state index >= 15 is 0 Å². The average Bonchev–Trinajstić information content (AvgIpc) is 3.24. The molecule has 0 saturated carbocycles. The fourth-order valence-corrected chi connectivity index (χ4v) is 5.18. The molecule has 154 valence electrons. The molecule has 2 fully saturated rings. The van der Waals surface area contributed by atoms with Gasteiger partial charge in [0, 0.05) is 31.6 Å². The first-order valence-electron chi connectivity index (χ1n) is 10.5. The lowest BCUT2D eigenvalue weighted by Crippen LogP contribution is -2.34. The van der Waals surface area contributed by atoms with Crippen LogP contribution in [0.3, 0.4) is 0 Å². The van der Waals surface area contributed by atoms with Crippen molar-refractivity contribution >= 4 is 5.91 Å². The van der Waals surface area contributed by atoms with Crippen LogP contribution in [0.15, 0.2) is 42.5 Å². The normalized spacial score (nSPS) is 24.1. The maximum absolute atomic E-state index is 14.5. The molecule has 0 radical (unpaired) electrons. The van der Waals surface area contributed by atoms with Crippen LogP contribution in [0.5, 0.6) is 0 Å². The van der Waals surface area contributed by atoms with Gasteiger partial charge in [0.2, 0.25) is 0 Å². The van der Waals surface area contributed by atoms with Crippen LogP contribution in [0.1, 0.15) is 39.5 Å². The number of likely N-dealkylation sites (tertiary alicyclic amines) is 2. The van der Waals surface area contributed by atoms with E-state index in [1.165, 1.54) is 17.2 Å². The first-order chi connectivity index (χ1) is 14.0. The number of amides is 1. The summed E-state index contributed by atoms with van der Waals surface area (Å²) in [6.45, 7) is 5.08. The minimum Gasteiger partial charge on any atom is -0.338 e. The lowest BCUT2D eigenvalue weighted by atomic mass is 9.88. The van der Waals surface area contributed by atoms with Crippen molar-refractivity contribution in [2.45, 2.75) is 25.8 Å². The van der Waals surface area contributed by atoms with Gasteiger partial charge in [-0.15, -0.1) is 0 Å². The number of halogens is 1. The monoisotopic (exact) mass is 395 g/mol. The van der Waals surface area contributed by atoms with E-state index in [1.807, 2.05) is 4.90 Å². The Labute approximate surface area is 172 Å². The predicted octanol–water partition coefficient (Wildman–Crippen LogP) is 3.40. The van der Waals surface area contributed by atoms with Gasteiger partial charge in [0.1, 0.15) is 5.82 Å². The Morgan fingerprint density at radius 1 is 1.17 bits per heavy atom. The molecule has 0 unspecified atom stereocenters. The van der Waals surface area contributed by atoms with E-state index < -0.39 is 5.82 Å². The van der Waals surface area contributed by atoms with Gasteiger partial charge in [0.15, 0.2) is 0 Å². The van der Waals surface area contributed by atoms with Gasteiger partial charge in [-0.25, -0.2) is 4.39 Å². The first kappa shape index (κ1) is 20.0. The number of hydrogen-bond acceptors (Lipinski definition) is 3. The number of fused-ring (bicyclic) bond motifs is 1. The van der Waals surface area contributed by atoms with Gasteiger partial charge < -0.3 is 10.6 Å². The summed E-state index contributed by atoms with van der Waals surface area (Å²) in [5, 5.41) is 0. The van der Waals surface area contributed by atoms with E-state index in [0.29, 0.717) is 37.5 Å². The Morgan fingerprint density at radius 3 is 2.72 bits per heavy atom. The van der Waals surface area contributed by atoms with E-state index in [9.17, 15) is 9.18 Å². The molecule has 1 amide bonds. The molecule has 5 heteroatoms. The average molecular weight is 396 g/mol. The Balaban J connectivity index is 1.54. The quantitative estimate of drug-likeness (QED) is 0.844. The van der Waals surface area contributed by atoms with Gasteiger partial charge in [0.25, 0.3) is 5.91 Å². The smallest absolute Gasteiger partial charge is 0.256 e. The van der Waals surface area contributed by atoms with Crippen LogP contribution in [0.4, 0.5) is 4.39 Å². The Kier molecular flexibility index (Phi) is 5.70. The molecule has 2 aromatic carbocycles. The zero-order valence-electron chi connectivity index (χ0n) is 17.3. The molecular weight excluding hydrogens is 365 g/mol. The Hall–Kier alpha value is -2.24. The van der Waals surface area contributed by atoms with Crippen molar-refractivity contribution in [3.63, 3.8) is 0 Å². The zero-order valence-corrected chi connectivity index (χ0v) is 17.3. The highest BCUT2D eigenvalue weighted by Gasteiger charge is 2.47. The minimum atomic E-state index is -0.434. The lowest BCUT2D eigenvalue weighted by Gasteiger charge is -2.28. The van der Waals surface area contributed by atoms with E-state index in [1.54, 1.807) is 12.1 Å². The molecule has 0 aliphatic carbocycles. The van der Waals surface area contributed by atoms with Gasteiger partial charge >= 0.3 is 0 Å². The second kappa shape index (κ2) is 8.25. The number of rotatable bonds is 5. The molecular formula is C24H30FN3O. The van der Waals surface area contributed by atoms with Crippen LogP contribution in [0.2, 0.25) is 0 Å². The number of benzene rings is 2. The molecule has 0 bridgehead atoms. The van der Waals surface area contributed by atoms with Crippen molar-refractivity contribution in [1.82, 2.24) is 9.80 Å². The third-order valence-electron chi connectivity index (χ3n) is 6.62. The van der Waals surface area contributed by atoms with Crippen LogP contribution in [0.25, 0.3) is 0 Å². The summed E-state index contributed by atoms with van der Waals surface area (Å²) in [6.07, 6.45) is 1.60. The van der Waals surface area contributed by atoms with Crippen molar-refractivity contribution in [3.8, 4) is 0 Å². The fourth-order valence-electron chi connectivity index (χ4n) is 5.18. The van der Waals surface area contributed by atoms with Crippen LogP contribution < -0.4 is 5.73 Å². The molecule has 4 rings (SSSR count). The Morgan fingerprint density at radius 2 is 1.97 bits per heavy atom. The van der Waals surface area contributed by atoms with Gasteiger partial charge in [0.05, 0.1) is 5.56 Å². The van der Waals surface area contributed by atoms with Crippen molar-refractivity contribution < 1.29 is 9.18 Å².